The number of nitrogens with zero attached hydrogens (tertiary/aromatic N) is 2. The summed E-state index contributed by atoms with van der Waals surface area (Å²) < 4.78 is 255. The van der Waals surface area contributed by atoms with Crippen LogP contribution in [0.25, 0.3) is 44.5 Å². The molecule has 0 aromatic heterocycles. The smallest absolute Gasteiger partial charge is 0.165 e. The number of phenols is 4. The average Bonchev–Trinajstić information content (AvgIpc) is 0.751. The van der Waals surface area contributed by atoms with E-state index >= 15 is 0 Å². The van der Waals surface area contributed by atoms with Crippen LogP contribution in [-0.2, 0) is 92.6 Å². The maximum Gasteiger partial charge on any atom is 0.165 e. The second-order valence-corrected chi connectivity index (χ2v) is 37.9. The number of rotatable bonds is 8. The maximum atomic E-state index is 14.5. The molecule has 0 aliphatic heterocycles. The Labute approximate surface area is 764 Å². The number of halogens is 18. The normalized spacial score (nSPS) is 13.1. The minimum atomic E-state index is -2.17. The molecular weight excluding hydrogens is 1870 g/mol. The maximum absolute atomic E-state index is 14.5. The van der Waals surface area contributed by atoms with Gasteiger partial charge in [0.1, 0.15) is 23.3 Å². The molecule has 0 unspecified atom stereocenters. The van der Waals surface area contributed by atoms with Gasteiger partial charge in [-0.05, 0) is 368 Å². The van der Waals surface area contributed by atoms with Crippen molar-refractivity contribution in [1.29, 1.82) is 0 Å². The fourth-order valence-corrected chi connectivity index (χ4v) is 20.0. The number of aromatic hydroxyl groups is 4. The van der Waals surface area contributed by atoms with Crippen LogP contribution in [0.4, 0.5) is 90.4 Å². The number of aryl methyl sites for hydroxylation is 8. The van der Waals surface area contributed by atoms with Gasteiger partial charge in [0.15, 0.2) is 46.3 Å². The van der Waals surface area contributed by atoms with Gasteiger partial charge in [0, 0.05) is 22.3 Å². The van der Waals surface area contributed by atoms with Crippen molar-refractivity contribution in [3.8, 4) is 67.5 Å². The summed E-state index contributed by atoms with van der Waals surface area (Å²) in [6.07, 6.45) is 15.1. The molecule has 0 atom stereocenters. The Hall–Kier alpha value is -9.92. The molecule has 0 spiro atoms. The van der Waals surface area contributed by atoms with Crippen LogP contribution in [-0.4, -0.2) is 29.2 Å². The molecule has 0 heterocycles. The van der Waals surface area contributed by atoms with E-state index in [4.69, 9.17) is 0 Å². The summed E-state index contributed by atoms with van der Waals surface area (Å²) in [5.41, 5.74) is 19.1. The van der Waals surface area contributed by atoms with E-state index < -0.39 is 146 Å². The molecule has 130 heavy (non-hydrogen) atoms. The van der Waals surface area contributed by atoms with Gasteiger partial charge in [0.05, 0.1) is 0 Å². The summed E-state index contributed by atoms with van der Waals surface area (Å²) in [5.74, 6) is -24.9. The summed E-state index contributed by atoms with van der Waals surface area (Å²) in [6, 6.07) is 21.1. The van der Waals surface area contributed by atoms with Crippen LogP contribution in [0.1, 0.15) is 210 Å². The predicted molar refractivity (Wildman–Crippen MR) is 472 cm³/mol. The molecule has 0 fully saturated rings. The van der Waals surface area contributed by atoms with Crippen LogP contribution < -0.4 is 0 Å². The quantitative estimate of drug-likeness (QED) is 0.0526. The second-order valence-electron chi connectivity index (χ2n) is 34.8. The molecular formula is C104H106F18Mo2N2O4. The van der Waals surface area contributed by atoms with Gasteiger partial charge in [-0.1, -0.05) is 7.43 Å². The molecule has 0 radical (unpaired) electrons. The number of phenolic OH excluding ortho intramolecular Hbond substituents is 4. The Kier molecular flexibility index (Phi) is 34.5. The summed E-state index contributed by atoms with van der Waals surface area (Å²) >= 11 is -2.80. The molecule has 0 saturated heterocycles. The zero-order valence-corrected chi connectivity index (χ0v) is 78.8. The van der Waals surface area contributed by atoms with Crippen molar-refractivity contribution in [2.24, 2.45) is 12.4 Å². The van der Waals surface area contributed by atoms with E-state index in [-0.39, 0.29) is 47.6 Å². The Balaban J connectivity index is 0.000000176. The Morgan fingerprint density at radius 1 is 0.269 bits per heavy atom. The standard InChI is InChI=1S/2C21H22F2O.2C17H18F2O.C10H12.2C6F5N.C5H10.CH4.2Mo/c2*1-12-17(22)10-13-6-2-4-8-15(13)19(12)20-16-9-5-3-7-14(16)11-18(23)21(20)24;2*1-8-6-13(18)12(5)15(10(8)3)16-11(4)9(2)7-14(19)17(16)20;1-10(2,3)9-7-5-4-6-8-9;2*7-1-2(8)4(10)6(12)5(11)3(1)9;1-5(2,3)4;;;/h2*10-11,24H,2-9H2,1H3;2*6-7,20H,1-5H3;1,4-8H,2-3H3;;;1H,2-4H3;1H4;;. The van der Waals surface area contributed by atoms with Gasteiger partial charge in [-0.15, -0.1) is 0 Å². The first-order valence-electron chi connectivity index (χ1n) is 42.3. The van der Waals surface area contributed by atoms with E-state index in [1.807, 2.05) is 92.6 Å². The summed E-state index contributed by atoms with van der Waals surface area (Å²) in [4.78, 5) is 0. The van der Waals surface area contributed by atoms with Gasteiger partial charge in [-0.25, -0.2) is 35.1 Å². The van der Waals surface area contributed by atoms with Crippen molar-refractivity contribution >= 4 is 20.2 Å². The van der Waals surface area contributed by atoms with Crippen LogP contribution in [0, 0.1) is 193 Å². The first-order chi connectivity index (χ1) is 60.6. The summed E-state index contributed by atoms with van der Waals surface area (Å²) in [5, 5.41) is 41.2. The molecule has 11 aromatic rings. The Morgan fingerprint density at radius 3 is 0.808 bits per heavy atom. The van der Waals surface area contributed by atoms with E-state index in [2.05, 4.69) is 6.99 Å². The van der Waals surface area contributed by atoms with Crippen molar-refractivity contribution in [2.45, 2.75) is 233 Å². The van der Waals surface area contributed by atoms with Crippen LogP contribution in [0.2, 0.25) is 0 Å². The molecule has 4 aliphatic carbocycles. The van der Waals surface area contributed by atoms with E-state index in [0.29, 0.717) is 55.6 Å². The number of hydrogen-bond acceptors (Lipinski definition) is 6. The number of benzene rings is 11. The van der Waals surface area contributed by atoms with E-state index in [0.717, 1.165) is 208 Å². The van der Waals surface area contributed by atoms with E-state index in [1.54, 1.807) is 76.3 Å². The molecule has 26 heteroatoms. The Bertz CT molecular complexity index is 5680. The van der Waals surface area contributed by atoms with Crippen molar-refractivity contribution in [1.82, 2.24) is 0 Å². The summed E-state index contributed by atoms with van der Waals surface area (Å²) in [7, 11) is 0. The van der Waals surface area contributed by atoms with Gasteiger partial charge < -0.3 is 20.4 Å². The molecule has 694 valence electrons. The zero-order valence-electron chi connectivity index (χ0n) is 74.8. The number of fused-ring (bicyclic) bond motifs is 4. The summed E-state index contributed by atoms with van der Waals surface area (Å²) in [6.45, 7) is 30.6. The monoisotopic (exact) mass is 1980 g/mol. The van der Waals surface area contributed by atoms with Crippen molar-refractivity contribution < 1.29 is 135 Å². The molecule has 6 nitrogen and oxygen atoms in total. The molecule has 0 amide bonds. The van der Waals surface area contributed by atoms with Crippen LogP contribution in [0.5, 0.6) is 23.0 Å². The first kappa shape index (κ1) is 104. The largest absolute Gasteiger partial charge is 0.504 e. The molecule has 11 aromatic carbocycles. The zero-order chi connectivity index (χ0) is 95.3. The minimum absolute atomic E-state index is 0. The number of hydrogen-bond donors (Lipinski definition) is 4. The second kappa shape index (κ2) is 43.2. The van der Waals surface area contributed by atoms with Gasteiger partial charge in [0.25, 0.3) is 0 Å². The Morgan fingerprint density at radius 2 is 0.500 bits per heavy atom. The van der Waals surface area contributed by atoms with E-state index in [9.17, 15) is 99.5 Å². The minimum Gasteiger partial charge on any atom is -0.504 e. The van der Waals surface area contributed by atoms with Gasteiger partial charge in [-0.3, -0.25) is 0 Å². The van der Waals surface area contributed by atoms with Gasteiger partial charge in [0.2, 0.25) is 0 Å². The molecule has 4 aliphatic rings. The van der Waals surface area contributed by atoms with E-state index in [1.165, 1.54) is 36.4 Å². The first-order valence-corrected chi connectivity index (χ1v) is 46.4. The molecule has 15 rings (SSSR count). The SMILES string of the molecule is C.CC(C)(C)[CH]=[Mo]=[N]c1c(F)c(F)c(F)c(F)c1F.CC(C)([CH]=[Mo]=[N]c1c(F)c(F)c(F)c(F)c1F)c1ccccc1.Cc1c(F)cc2c(c1-c1c(O)c(F)cc3c1CCCC3)CCCC2.Cc1c(F)cc2c(c1-c1c(O)c(F)cc3c1CCCC3)CCCC2.Cc1cc(F)c(C)c(-c2c(C)c(C)cc(F)c2O)c1C.Cc1cc(F)c(C)c(-c2c(C)c(C)cc(F)c2O)c1C. The molecule has 0 saturated carbocycles. The third kappa shape index (κ3) is 22.2. The van der Waals surface area contributed by atoms with Crippen LogP contribution >= 0.6 is 0 Å². The van der Waals surface area contributed by atoms with Gasteiger partial charge >= 0.3 is 246 Å². The predicted octanol–water partition coefficient (Wildman–Crippen LogP) is 30.4. The topological polar surface area (TPSA) is 106 Å². The van der Waals surface area contributed by atoms with Crippen LogP contribution in [0.15, 0.2) is 85.9 Å². The molecule has 0 bridgehead atoms. The van der Waals surface area contributed by atoms with Crippen LogP contribution in [0.3, 0.4) is 0 Å². The average molecular weight is 1980 g/mol. The van der Waals surface area contributed by atoms with Gasteiger partial charge in [-0.2, -0.15) is 0 Å². The van der Waals surface area contributed by atoms with Crippen molar-refractivity contribution in [3.05, 3.63) is 300 Å². The third-order valence-corrected chi connectivity index (χ3v) is 29.5. The fourth-order valence-electron chi connectivity index (χ4n) is 16.7. The molecule has 4 N–H and O–H groups in total. The van der Waals surface area contributed by atoms with Crippen molar-refractivity contribution in [2.75, 3.05) is 0 Å². The fraction of sp³-hybridized carbons (Fsp3) is 0.346. The van der Waals surface area contributed by atoms with Crippen molar-refractivity contribution in [3.63, 3.8) is 0 Å². The third-order valence-electron chi connectivity index (χ3n) is 24.4.